The van der Waals surface area contributed by atoms with Crippen LogP contribution < -0.4 is 0 Å². The zero-order valence-corrected chi connectivity index (χ0v) is 8.39. The molecule has 0 aliphatic heterocycles. The largest absolute Gasteiger partial charge is 0.469 e. The van der Waals surface area contributed by atoms with Gasteiger partial charge < -0.3 is 4.74 Å². The molecule has 0 saturated carbocycles. The van der Waals surface area contributed by atoms with Crippen LogP contribution in [0.2, 0.25) is 5.02 Å². The molecule has 0 aliphatic rings. The van der Waals surface area contributed by atoms with E-state index in [4.69, 9.17) is 11.6 Å². The summed E-state index contributed by atoms with van der Waals surface area (Å²) in [6.07, 6.45) is 0.281. The van der Waals surface area contributed by atoms with Crippen LogP contribution in [0.3, 0.4) is 0 Å². The van der Waals surface area contributed by atoms with Gasteiger partial charge in [0.25, 0.3) is 0 Å². The molecule has 0 aromatic heterocycles. The Morgan fingerprint density at radius 2 is 2.23 bits per heavy atom. The number of ether oxygens (including phenoxy) is 1. The maximum absolute atomic E-state index is 11.0. The number of halogens is 1. The summed E-state index contributed by atoms with van der Waals surface area (Å²) in [4.78, 5) is 11.0. The molecular weight excluding hydrogens is 188 g/mol. The normalized spacial score (nSPS) is 9.77. The lowest BCUT2D eigenvalue weighted by Crippen LogP contribution is -2.05. The summed E-state index contributed by atoms with van der Waals surface area (Å²) in [6, 6.07) is 5.50. The molecule has 1 aromatic carbocycles. The number of methoxy groups -OCH3 is 1. The fourth-order valence-corrected chi connectivity index (χ4v) is 1.27. The number of rotatable bonds is 2. The Hall–Kier alpha value is -1.02. The van der Waals surface area contributed by atoms with Crippen LogP contribution in [0.15, 0.2) is 18.2 Å². The van der Waals surface area contributed by atoms with Gasteiger partial charge in [0, 0.05) is 5.02 Å². The summed E-state index contributed by atoms with van der Waals surface area (Å²) in [5.74, 6) is -0.245. The highest BCUT2D eigenvalue weighted by molar-refractivity contribution is 6.31. The fraction of sp³-hybridized carbons (Fsp3) is 0.300. The maximum atomic E-state index is 11.0. The lowest BCUT2D eigenvalue weighted by Gasteiger charge is -2.05. The molecule has 1 aromatic rings. The molecule has 0 spiro atoms. The predicted molar refractivity (Wildman–Crippen MR) is 51.9 cm³/mol. The van der Waals surface area contributed by atoms with Crippen LogP contribution in [-0.2, 0) is 16.0 Å². The number of hydrogen-bond donors (Lipinski definition) is 0. The van der Waals surface area contributed by atoms with Crippen molar-refractivity contribution in [3.8, 4) is 0 Å². The minimum absolute atomic E-state index is 0.245. The summed E-state index contributed by atoms with van der Waals surface area (Å²) in [7, 11) is 1.38. The van der Waals surface area contributed by atoms with Gasteiger partial charge >= 0.3 is 5.97 Å². The number of benzene rings is 1. The highest BCUT2D eigenvalue weighted by Crippen LogP contribution is 2.19. The molecule has 0 saturated heterocycles. The molecule has 0 atom stereocenters. The molecule has 2 nitrogen and oxygen atoms in total. The zero-order chi connectivity index (χ0) is 9.84. The minimum Gasteiger partial charge on any atom is -0.469 e. The van der Waals surface area contributed by atoms with E-state index in [-0.39, 0.29) is 12.4 Å². The first-order chi connectivity index (χ1) is 6.15. The highest BCUT2D eigenvalue weighted by atomic mass is 35.5. The zero-order valence-electron chi connectivity index (χ0n) is 7.63. The number of hydrogen-bond acceptors (Lipinski definition) is 2. The quantitative estimate of drug-likeness (QED) is 0.682. The monoisotopic (exact) mass is 198 g/mol. The lowest BCUT2D eigenvalue weighted by atomic mass is 10.1. The lowest BCUT2D eigenvalue weighted by molar-refractivity contribution is -0.139. The topological polar surface area (TPSA) is 26.3 Å². The minimum atomic E-state index is -0.245. The van der Waals surface area contributed by atoms with Crippen molar-refractivity contribution in [3.05, 3.63) is 34.3 Å². The smallest absolute Gasteiger partial charge is 0.309 e. The van der Waals surface area contributed by atoms with Crippen LogP contribution in [0.1, 0.15) is 11.1 Å². The molecule has 1 rings (SSSR count). The number of carbonyl (C=O) groups is 1. The number of carbonyl (C=O) groups excluding carboxylic acids is 1. The van der Waals surface area contributed by atoms with Crippen LogP contribution in [0.4, 0.5) is 0 Å². The molecular formula is C10H11ClO2. The summed E-state index contributed by atoms with van der Waals surface area (Å²) < 4.78 is 4.57. The molecule has 0 fully saturated rings. The molecule has 0 heterocycles. The summed E-state index contributed by atoms with van der Waals surface area (Å²) in [6.45, 7) is 1.89. The first kappa shape index (κ1) is 10.1. The molecule has 0 amide bonds. The standard InChI is InChI=1S/C10H11ClO2/c1-7-8(6-10(12)13-2)4-3-5-9(7)11/h3-5H,6H2,1-2H3. The highest BCUT2D eigenvalue weighted by Gasteiger charge is 2.06. The van der Waals surface area contributed by atoms with Crippen molar-refractivity contribution in [1.29, 1.82) is 0 Å². The van der Waals surface area contributed by atoms with E-state index in [1.807, 2.05) is 19.1 Å². The van der Waals surface area contributed by atoms with E-state index in [9.17, 15) is 4.79 Å². The van der Waals surface area contributed by atoms with Crippen molar-refractivity contribution in [2.75, 3.05) is 7.11 Å². The van der Waals surface area contributed by atoms with Crippen molar-refractivity contribution < 1.29 is 9.53 Å². The maximum Gasteiger partial charge on any atom is 0.309 e. The van der Waals surface area contributed by atoms with E-state index in [1.54, 1.807) is 6.07 Å². The van der Waals surface area contributed by atoms with E-state index in [0.717, 1.165) is 11.1 Å². The van der Waals surface area contributed by atoms with Gasteiger partial charge in [-0.05, 0) is 24.1 Å². The van der Waals surface area contributed by atoms with Gasteiger partial charge in [-0.25, -0.2) is 0 Å². The van der Waals surface area contributed by atoms with Gasteiger partial charge in [-0.1, -0.05) is 23.7 Å². The first-order valence-corrected chi connectivity index (χ1v) is 4.33. The average molecular weight is 199 g/mol. The third-order valence-corrected chi connectivity index (χ3v) is 2.35. The van der Waals surface area contributed by atoms with Crippen LogP contribution in [-0.4, -0.2) is 13.1 Å². The Labute approximate surface area is 82.5 Å². The molecule has 0 radical (unpaired) electrons. The predicted octanol–water partition coefficient (Wildman–Crippen LogP) is 2.36. The Balaban J connectivity index is 2.89. The molecule has 0 N–H and O–H groups in total. The van der Waals surface area contributed by atoms with Gasteiger partial charge in [0.1, 0.15) is 0 Å². The average Bonchev–Trinajstić information content (AvgIpc) is 2.13. The molecule has 0 unspecified atom stereocenters. The van der Waals surface area contributed by atoms with E-state index in [1.165, 1.54) is 7.11 Å². The summed E-state index contributed by atoms with van der Waals surface area (Å²) in [5.41, 5.74) is 1.86. The van der Waals surface area contributed by atoms with Gasteiger partial charge in [-0.15, -0.1) is 0 Å². The van der Waals surface area contributed by atoms with Crippen molar-refractivity contribution >= 4 is 17.6 Å². The van der Waals surface area contributed by atoms with E-state index in [0.29, 0.717) is 5.02 Å². The van der Waals surface area contributed by atoms with E-state index < -0.39 is 0 Å². The Morgan fingerprint density at radius 3 is 2.85 bits per heavy atom. The van der Waals surface area contributed by atoms with Crippen molar-refractivity contribution in [3.63, 3.8) is 0 Å². The van der Waals surface area contributed by atoms with Gasteiger partial charge in [0.05, 0.1) is 13.5 Å². The second-order valence-corrected chi connectivity index (χ2v) is 3.18. The van der Waals surface area contributed by atoms with Gasteiger partial charge in [-0.2, -0.15) is 0 Å². The van der Waals surface area contributed by atoms with E-state index in [2.05, 4.69) is 4.74 Å². The fourth-order valence-electron chi connectivity index (χ4n) is 1.07. The molecule has 13 heavy (non-hydrogen) atoms. The second-order valence-electron chi connectivity index (χ2n) is 2.78. The third kappa shape index (κ3) is 2.46. The Morgan fingerprint density at radius 1 is 1.54 bits per heavy atom. The van der Waals surface area contributed by atoms with Gasteiger partial charge in [0.15, 0.2) is 0 Å². The van der Waals surface area contributed by atoms with Crippen molar-refractivity contribution in [2.24, 2.45) is 0 Å². The molecule has 70 valence electrons. The number of esters is 1. The van der Waals surface area contributed by atoms with Gasteiger partial charge in [-0.3, -0.25) is 4.79 Å². The Bertz CT molecular complexity index is 321. The molecule has 0 aliphatic carbocycles. The summed E-state index contributed by atoms with van der Waals surface area (Å²) in [5, 5.41) is 0.682. The van der Waals surface area contributed by atoms with Crippen LogP contribution in [0.5, 0.6) is 0 Å². The summed E-state index contributed by atoms with van der Waals surface area (Å²) >= 11 is 5.89. The Kier molecular flexibility index (Phi) is 3.32. The van der Waals surface area contributed by atoms with Crippen LogP contribution >= 0.6 is 11.6 Å². The van der Waals surface area contributed by atoms with Crippen molar-refractivity contribution in [1.82, 2.24) is 0 Å². The molecule has 3 heteroatoms. The van der Waals surface area contributed by atoms with Crippen LogP contribution in [0.25, 0.3) is 0 Å². The van der Waals surface area contributed by atoms with Gasteiger partial charge in [0.2, 0.25) is 0 Å². The first-order valence-electron chi connectivity index (χ1n) is 3.96. The van der Waals surface area contributed by atoms with Crippen molar-refractivity contribution in [2.45, 2.75) is 13.3 Å². The third-order valence-electron chi connectivity index (χ3n) is 1.94. The second kappa shape index (κ2) is 4.28. The SMILES string of the molecule is COC(=O)Cc1cccc(Cl)c1C. The molecule has 0 bridgehead atoms. The van der Waals surface area contributed by atoms with Crippen LogP contribution in [0, 0.1) is 6.92 Å². The van der Waals surface area contributed by atoms with E-state index >= 15 is 0 Å².